The Labute approximate surface area is 76.7 Å². The van der Waals surface area contributed by atoms with E-state index in [0.29, 0.717) is 4.47 Å². The first-order valence-corrected chi connectivity index (χ1v) is 3.52. The third kappa shape index (κ3) is 2.01. The van der Waals surface area contributed by atoms with Crippen molar-refractivity contribution in [3.8, 4) is 0 Å². The number of aromatic nitrogens is 1. The van der Waals surface area contributed by atoms with Gasteiger partial charge in [0.15, 0.2) is 0 Å². The average Bonchev–Trinajstić information content (AvgIpc) is 2.01. The van der Waals surface area contributed by atoms with Crippen LogP contribution in [-0.2, 0) is 4.74 Å². The minimum Gasteiger partial charge on any atom is -0.465 e. The molecule has 58 valence electrons. The van der Waals surface area contributed by atoms with E-state index in [1.807, 2.05) is 0 Å². The Morgan fingerprint density at radius 2 is 2.64 bits per heavy atom. The molecule has 0 unspecified atom stereocenters. The summed E-state index contributed by atoms with van der Waals surface area (Å²) < 4.78 is 24.9. The zero-order valence-electron chi connectivity index (χ0n) is 8.37. The third-order valence-corrected chi connectivity index (χ3v) is 1.47. The highest BCUT2D eigenvalue weighted by molar-refractivity contribution is 9.10. The van der Waals surface area contributed by atoms with Crippen molar-refractivity contribution in [3.05, 3.63) is 28.5 Å². The lowest BCUT2D eigenvalue weighted by Gasteiger charge is -1.97. The second kappa shape index (κ2) is 3.48. The zero-order chi connectivity index (χ0) is 10.8. The van der Waals surface area contributed by atoms with Crippen LogP contribution in [0, 0.1) is 0 Å². The Kier molecular flexibility index (Phi) is 1.54. The lowest BCUT2D eigenvalue weighted by molar-refractivity contribution is 0.0600. The third-order valence-electron chi connectivity index (χ3n) is 1.03. The van der Waals surface area contributed by atoms with Gasteiger partial charge in [-0.2, -0.15) is 0 Å². The molecule has 0 aliphatic rings. The van der Waals surface area contributed by atoms with Gasteiger partial charge < -0.3 is 4.74 Å². The minimum absolute atomic E-state index is 0.0931. The SMILES string of the molecule is [2H]C([2H])([2H])OC(=O)c1cncc(Br)c1. The summed E-state index contributed by atoms with van der Waals surface area (Å²) in [5.74, 6) is -0.918. The molecule has 11 heavy (non-hydrogen) atoms. The van der Waals surface area contributed by atoms with E-state index < -0.39 is 13.0 Å². The molecule has 1 aromatic rings. The van der Waals surface area contributed by atoms with Crippen LogP contribution >= 0.6 is 15.9 Å². The summed E-state index contributed by atoms with van der Waals surface area (Å²) in [5, 5.41) is 0. The number of methoxy groups -OCH3 is 1. The molecule has 3 nitrogen and oxygen atoms in total. The highest BCUT2D eigenvalue weighted by Gasteiger charge is 2.04. The Hall–Kier alpha value is -0.900. The maximum absolute atomic E-state index is 11.2. The summed E-state index contributed by atoms with van der Waals surface area (Å²) in [7, 11) is -2.72. The first-order valence-electron chi connectivity index (χ1n) is 4.22. The van der Waals surface area contributed by atoms with Gasteiger partial charge in [-0.05, 0) is 22.0 Å². The van der Waals surface area contributed by atoms with Gasteiger partial charge >= 0.3 is 5.97 Å². The molecule has 0 saturated heterocycles. The molecule has 0 bridgehead atoms. The Morgan fingerprint density at radius 1 is 1.82 bits per heavy atom. The molecule has 0 radical (unpaired) electrons. The van der Waals surface area contributed by atoms with Crippen LogP contribution < -0.4 is 0 Å². The molecular formula is C7H6BrNO2. The van der Waals surface area contributed by atoms with Crippen LogP contribution in [0.1, 0.15) is 14.5 Å². The van der Waals surface area contributed by atoms with Gasteiger partial charge in [0.1, 0.15) is 0 Å². The Bertz CT molecular complexity index is 353. The second-order valence-corrected chi connectivity index (χ2v) is 2.70. The standard InChI is InChI=1S/C7H6BrNO2/c1-11-7(10)5-2-6(8)4-9-3-5/h2-4H,1H3/i1D3. The maximum atomic E-state index is 11.2. The maximum Gasteiger partial charge on any atom is 0.339 e. The summed E-state index contributed by atoms with van der Waals surface area (Å²) in [6.07, 6.45) is 2.71. The molecule has 4 heteroatoms. The van der Waals surface area contributed by atoms with Crippen LogP contribution in [0.5, 0.6) is 0 Å². The number of hydrogen-bond donors (Lipinski definition) is 0. The van der Waals surface area contributed by atoms with E-state index in [1.54, 1.807) is 0 Å². The molecule has 1 heterocycles. The van der Waals surface area contributed by atoms with Crippen LogP contribution in [0.3, 0.4) is 0 Å². The number of rotatable bonds is 1. The van der Waals surface area contributed by atoms with Gasteiger partial charge in [-0.3, -0.25) is 4.98 Å². The van der Waals surface area contributed by atoms with E-state index in [9.17, 15) is 4.79 Å². The van der Waals surface area contributed by atoms with Gasteiger partial charge in [-0.15, -0.1) is 0 Å². The second-order valence-electron chi connectivity index (χ2n) is 1.78. The number of carbonyl (C=O) groups excluding carboxylic acids is 1. The predicted octanol–water partition coefficient (Wildman–Crippen LogP) is 1.63. The van der Waals surface area contributed by atoms with Crippen molar-refractivity contribution in [3.63, 3.8) is 0 Å². The smallest absolute Gasteiger partial charge is 0.339 e. The molecule has 0 saturated carbocycles. The molecule has 1 aromatic heterocycles. The van der Waals surface area contributed by atoms with Gasteiger partial charge in [0, 0.05) is 16.9 Å². The first kappa shape index (κ1) is 4.87. The van der Waals surface area contributed by atoms with E-state index in [2.05, 4.69) is 25.7 Å². The average molecular weight is 219 g/mol. The molecule has 0 aliphatic carbocycles. The summed E-state index contributed by atoms with van der Waals surface area (Å²) in [6.45, 7) is 0. The highest BCUT2D eigenvalue weighted by atomic mass is 79.9. The van der Waals surface area contributed by atoms with Crippen molar-refractivity contribution in [1.29, 1.82) is 0 Å². The summed E-state index contributed by atoms with van der Waals surface area (Å²) in [5.41, 5.74) is 0.0931. The number of ether oxygens (including phenoxy) is 1. The highest BCUT2D eigenvalue weighted by Crippen LogP contribution is 2.09. The van der Waals surface area contributed by atoms with Crippen molar-refractivity contribution in [2.75, 3.05) is 7.04 Å². The van der Waals surface area contributed by atoms with Crippen molar-refractivity contribution >= 4 is 21.9 Å². The van der Waals surface area contributed by atoms with Crippen LogP contribution in [0.25, 0.3) is 0 Å². The van der Waals surface area contributed by atoms with Gasteiger partial charge in [0.25, 0.3) is 0 Å². The summed E-state index contributed by atoms with van der Waals surface area (Å²) >= 11 is 3.10. The van der Waals surface area contributed by atoms with Crippen LogP contribution in [0.4, 0.5) is 0 Å². The largest absolute Gasteiger partial charge is 0.465 e. The van der Waals surface area contributed by atoms with Gasteiger partial charge in [-0.1, -0.05) is 0 Å². The summed E-state index contributed by atoms with van der Waals surface area (Å²) in [6, 6.07) is 1.43. The van der Waals surface area contributed by atoms with Crippen LogP contribution in [0.15, 0.2) is 22.9 Å². The van der Waals surface area contributed by atoms with E-state index in [-0.39, 0.29) is 5.56 Å². The van der Waals surface area contributed by atoms with E-state index in [0.717, 1.165) is 0 Å². The molecule has 0 atom stereocenters. The molecule has 0 amide bonds. The molecule has 0 fully saturated rings. The number of halogens is 1. The quantitative estimate of drug-likeness (QED) is 0.674. The van der Waals surface area contributed by atoms with Gasteiger partial charge in [0.2, 0.25) is 0 Å². The first-order chi connectivity index (χ1) is 6.38. The number of carbonyl (C=O) groups is 1. The summed E-state index contributed by atoms with van der Waals surface area (Å²) in [4.78, 5) is 14.9. The zero-order valence-corrected chi connectivity index (χ0v) is 6.96. The molecule has 0 spiro atoms. The van der Waals surface area contributed by atoms with Gasteiger partial charge in [0.05, 0.1) is 16.7 Å². The van der Waals surface area contributed by atoms with Crippen molar-refractivity contribution < 1.29 is 13.6 Å². The fraction of sp³-hybridized carbons (Fsp3) is 0.143. The topological polar surface area (TPSA) is 39.2 Å². The fourth-order valence-corrected chi connectivity index (χ4v) is 0.947. The number of esters is 1. The van der Waals surface area contributed by atoms with Crippen molar-refractivity contribution in [2.45, 2.75) is 0 Å². The molecule has 0 aliphatic heterocycles. The molecule has 1 rings (SSSR count). The Balaban J connectivity index is 2.80. The van der Waals surface area contributed by atoms with E-state index in [1.165, 1.54) is 18.5 Å². The lowest BCUT2D eigenvalue weighted by Crippen LogP contribution is -2.01. The fourth-order valence-electron chi connectivity index (χ4n) is 0.582. The number of hydrogen-bond acceptors (Lipinski definition) is 3. The Morgan fingerprint density at radius 3 is 3.27 bits per heavy atom. The molecule has 0 N–H and O–H groups in total. The van der Waals surface area contributed by atoms with Crippen molar-refractivity contribution in [2.24, 2.45) is 0 Å². The van der Waals surface area contributed by atoms with Gasteiger partial charge in [-0.25, -0.2) is 4.79 Å². The lowest BCUT2D eigenvalue weighted by atomic mass is 10.3. The molecular weight excluding hydrogens is 210 g/mol. The number of pyridine rings is 1. The van der Waals surface area contributed by atoms with E-state index >= 15 is 0 Å². The number of nitrogens with zero attached hydrogens (tertiary/aromatic N) is 1. The van der Waals surface area contributed by atoms with Crippen molar-refractivity contribution in [1.82, 2.24) is 4.98 Å². The molecule has 0 aromatic carbocycles. The normalized spacial score (nSPS) is 14.5. The minimum atomic E-state index is -2.72. The monoisotopic (exact) mass is 218 g/mol. The van der Waals surface area contributed by atoms with E-state index in [4.69, 9.17) is 4.11 Å². The van der Waals surface area contributed by atoms with Crippen LogP contribution in [0.2, 0.25) is 0 Å². The van der Waals surface area contributed by atoms with Crippen LogP contribution in [-0.4, -0.2) is 18.0 Å². The predicted molar refractivity (Wildman–Crippen MR) is 43.3 cm³/mol.